The molecule has 6 heteroatoms. The topological polar surface area (TPSA) is 24.5 Å². The van der Waals surface area contributed by atoms with Crippen LogP contribution in [-0.2, 0) is 4.74 Å². The second-order valence-electron chi connectivity index (χ2n) is 5.55. The molecule has 1 unspecified atom stereocenters. The van der Waals surface area contributed by atoms with Crippen molar-refractivity contribution >= 4 is 0 Å². The summed E-state index contributed by atoms with van der Waals surface area (Å²) in [5.41, 5.74) is 0. The first-order valence-electron chi connectivity index (χ1n) is 7.15. The van der Waals surface area contributed by atoms with Gasteiger partial charge in [0.15, 0.2) is 0 Å². The zero-order chi connectivity index (χ0) is 13.7. The Hall–Kier alpha value is -0.330. The Morgan fingerprint density at radius 2 is 1.89 bits per heavy atom. The van der Waals surface area contributed by atoms with Crippen LogP contribution in [0.15, 0.2) is 0 Å². The maximum Gasteiger partial charge on any atom is 0.411 e. The van der Waals surface area contributed by atoms with Crippen LogP contribution in [0.2, 0.25) is 0 Å². The normalized spacial score (nSPS) is 27.0. The van der Waals surface area contributed by atoms with Crippen LogP contribution in [0.25, 0.3) is 0 Å². The number of rotatable bonds is 5. The van der Waals surface area contributed by atoms with E-state index in [0.717, 1.165) is 38.4 Å². The summed E-state index contributed by atoms with van der Waals surface area (Å²) in [5.74, 6) is 0.745. The molecule has 19 heavy (non-hydrogen) atoms. The van der Waals surface area contributed by atoms with E-state index in [1.807, 2.05) is 0 Å². The zero-order valence-corrected chi connectivity index (χ0v) is 11.2. The molecule has 2 rings (SSSR count). The maximum absolute atomic E-state index is 11.9. The molecule has 1 atom stereocenters. The van der Waals surface area contributed by atoms with Gasteiger partial charge in [0.1, 0.15) is 6.61 Å². The SMILES string of the molecule is FC(F)(F)COCCN1CCC(C2CCCN2)CC1. The molecule has 0 spiro atoms. The first-order chi connectivity index (χ1) is 9.04. The van der Waals surface area contributed by atoms with Crippen molar-refractivity contribution in [3.05, 3.63) is 0 Å². The summed E-state index contributed by atoms with van der Waals surface area (Å²) in [6.45, 7) is 2.76. The van der Waals surface area contributed by atoms with Gasteiger partial charge in [-0.25, -0.2) is 0 Å². The maximum atomic E-state index is 11.9. The third-order valence-electron chi connectivity index (χ3n) is 4.12. The molecule has 2 aliphatic heterocycles. The number of hydrogen-bond donors (Lipinski definition) is 1. The van der Waals surface area contributed by atoms with Crippen molar-refractivity contribution in [1.82, 2.24) is 10.2 Å². The van der Waals surface area contributed by atoms with Crippen LogP contribution in [-0.4, -0.2) is 56.5 Å². The summed E-state index contributed by atoms with van der Waals surface area (Å²) < 4.78 is 40.3. The van der Waals surface area contributed by atoms with Gasteiger partial charge in [-0.2, -0.15) is 13.2 Å². The van der Waals surface area contributed by atoms with E-state index in [2.05, 4.69) is 15.0 Å². The first-order valence-corrected chi connectivity index (χ1v) is 7.15. The van der Waals surface area contributed by atoms with E-state index >= 15 is 0 Å². The lowest BCUT2D eigenvalue weighted by molar-refractivity contribution is -0.174. The lowest BCUT2D eigenvalue weighted by Gasteiger charge is -2.34. The minimum atomic E-state index is -4.21. The number of nitrogens with zero attached hydrogens (tertiary/aromatic N) is 1. The summed E-state index contributed by atoms with van der Waals surface area (Å²) in [6, 6.07) is 0.670. The molecule has 0 aromatic heterocycles. The molecule has 2 saturated heterocycles. The Labute approximate surface area is 112 Å². The Morgan fingerprint density at radius 1 is 1.16 bits per heavy atom. The fourth-order valence-electron chi connectivity index (χ4n) is 3.07. The summed E-state index contributed by atoms with van der Waals surface area (Å²) in [4.78, 5) is 2.21. The molecular formula is C13H23F3N2O. The standard InChI is InChI=1S/C13H23F3N2O/c14-13(15,16)10-19-9-8-18-6-3-11(4-7-18)12-2-1-5-17-12/h11-12,17H,1-10H2. The average molecular weight is 280 g/mol. The van der Waals surface area contributed by atoms with Gasteiger partial charge >= 0.3 is 6.18 Å². The van der Waals surface area contributed by atoms with Gasteiger partial charge in [-0.15, -0.1) is 0 Å². The van der Waals surface area contributed by atoms with Crippen molar-refractivity contribution in [3.8, 4) is 0 Å². The molecule has 2 aliphatic rings. The van der Waals surface area contributed by atoms with Gasteiger partial charge in [0.2, 0.25) is 0 Å². The van der Waals surface area contributed by atoms with Crippen LogP contribution in [0.1, 0.15) is 25.7 Å². The molecule has 0 aromatic carbocycles. The van der Waals surface area contributed by atoms with E-state index < -0.39 is 12.8 Å². The third-order valence-corrected chi connectivity index (χ3v) is 4.12. The van der Waals surface area contributed by atoms with Crippen LogP contribution in [0.5, 0.6) is 0 Å². The lowest BCUT2D eigenvalue weighted by atomic mass is 9.88. The number of hydrogen-bond acceptors (Lipinski definition) is 3. The van der Waals surface area contributed by atoms with Gasteiger partial charge in [-0.05, 0) is 51.2 Å². The zero-order valence-electron chi connectivity index (χ0n) is 11.2. The first kappa shape index (κ1) is 15.1. The Bertz CT molecular complexity index is 259. The number of nitrogens with one attached hydrogen (secondary N) is 1. The largest absolute Gasteiger partial charge is 0.411 e. The van der Waals surface area contributed by atoms with Crippen molar-refractivity contribution in [1.29, 1.82) is 0 Å². The number of likely N-dealkylation sites (tertiary alicyclic amines) is 1. The predicted octanol–water partition coefficient (Wildman–Crippen LogP) is 2.03. The molecular weight excluding hydrogens is 257 g/mol. The number of ether oxygens (including phenoxy) is 1. The lowest BCUT2D eigenvalue weighted by Crippen LogP contribution is -2.42. The van der Waals surface area contributed by atoms with Crippen LogP contribution in [0, 0.1) is 5.92 Å². The minimum absolute atomic E-state index is 0.172. The second kappa shape index (κ2) is 6.90. The average Bonchev–Trinajstić information content (AvgIpc) is 2.88. The molecule has 0 aromatic rings. The smallest absolute Gasteiger partial charge is 0.371 e. The van der Waals surface area contributed by atoms with E-state index in [-0.39, 0.29) is 6.61 Å². The molecule has 0 bridgehead atoms. The predicted molar refractivity (Wildman–Crippen MR) is 67.1 cm³/mol. The fraction of sp³-hybridized carbons (Fsp3) is 1.00. The summed E-state index contributed by atoms with van der Waals surface area (Å²) in [5, 5.41) is 3.54. The van der Waals surface area contributed by atoms with Crippen molar-refractivity contribution in [3.63, 3.8) is 0 Å². The molecule has 1 N–H and O–H groups in total. The van der Waals surface area contributed by atoms with Crippen molar-refractivity contribution in [2.24, 2.45) is 5.92 Å². The Balaban J connectivity index is 1.56. The highest BCUT2D eigenvalue weighted by atomic mass is 19.4. The quantitative estimate of drug-likeness (QED) is 0.780. The number of alkyl halides is 3. The number of halogens is 3. The van der Waals surface area contributed by atoms with Gasteiger partial charge in [0.05, 0.1) is 6.61 Å². The molecule has 2 fully saturated rings. The van der Waals surface area contributed by atoms with E-state index in [1.54, 1.807) is 0 Å². The van der Waals surface area contributed by atoms with Crippen LogP contribution in [0.4, 0.5) is 13.2 Å². The minimum Gasteiger partial charge on any atom is -0.371 e. The molecule has 0 radical (unpaired) electrons. The van der Waals surface area contributed by atoms with Crippen molar-refractivity contribution < 1.29 is 17.9 Å². The van der Waals surface area contributed by atoms with Crippen LogP contribution in [0.3, 0.4) is 0 Å². The van der Waals surface area contributed by atoms with Gasteiger partial charge in [-0.1, -0.05) is 0 Å². The molecule has 0 amide bonds. The Kier molecular flexibility index (Phi) is 5.47. The van der Waals surface area contributed by atoms with Gasteiger partial charge < -0.3 is 15.0 Å². The summed E-state index contributed by atoms with van der Waals surface area (Å²) >= 11 is 0. The van der Waals surface area contributed by atoms with Gasteiger partial charge in [-0.3, -0.25) is 0 Å². The van der Waals surface area contributed by atoms with E-state index in [0.29, 0.717) is 12.6 Å². The highest BCUT2D eigenvalue weighted by Crippen LogP contribution is 2.25. The molecule has 3 nitrogen and oxygen atoms in total. The van der Waals surface area contributed by atoms with E-state index in [1.165, 1.54) is 12.8 Å². The van der Waals surface area contributed by atoms with Crippen LogP contribution >= 0.6 is 0 Å². The molecule has 0 saturated carbocycles. The molecule has 0 aliphatic carbocycles. The third kappa shape index (κ3) is 5.28. The van der Waals surface area contributed by atoms with Gasteiger partial charge in [0, 0.05) is 12.6 Å². The fourth-order valence-corrected chi connectivity index (χ4v) is 3.07. The highest BCUT2D eigenvalue weighted by molar-refractivity contribution is 4.85. The van der Waals surface area contributed by atoms with Crippen LogP contribution < -0.4 is 5.32 Å². The monoisotopic (exact) mass is 280 g/mol. The van der Waals surface area contributed by atoms with Gasteiger partial charge in [0.25, 0.3) is 0 Å². The highest BCUT2D eigenvalue weighted by Gasteiger charge is 2.29. The molecule has 112 valence electrons. The Morgan fingerprint density at radius 3 is 2.47 bits per heavy atom. The summed E-state index contributed by atoms with van der Waals surface area (Å²) in [6.07, 6.45) is 0.643. The molecule has 2 heterocycles. The summed E-state index contributed by atoms with van der Waals surface area (Å²) in [7, 11) is 0. The van der Waals surface area contributed by atoms with Crippen molar-refractivity contribution in [2.45, 2.75) is 37.9 Å². The second-order valence-corrected chi connectivity index (χ2v) is 5.55. The number of piperidine rings is 1. The van der Waals surface area contributed by atoms with E-state index in [4.69, 9.17) is 0 Å². The van der Waals surface area contributed by atoms with Crippen molar-refractivity contribution in [2.75, 3.05) is 39.4 Å². The van der Waals surface area contributed by atoms with E-state index in [9.17, 15) is 13.2 Å².